The summed E-state index contributed by atoms with van der Waals surface area (Å²) >= 11 is 3.51. The molecule has 0 aliphatic rings. The first-order chi connectivity index (χ1) is 10.7. The largest absolute Gasteiger partial charge is 0.543 e. The van der Waals surface area contributed by atoms with Crippen molar-refractivity contribution in [3.8, 4) is 11.5 Å². The predicted octanol–water partition coefficient (Wildman–Crippen LogP) is 6.86. The maximum atomic E-state index is 10.5. The van der Waals surface area contributed by atoms with Gasteiger partial charge >= 0.3 is 0 Å². The SMILES string of the molecule is CC(C)[Si](Oc1cc(O)c2c(Br)cccc2c1)(C(C)C)C(C)C. The van der Waals surface area contributed by atoms with Gasteiger partial charge in [0.15, 0.2) is 0 Å². The van der Waals surface area contributed by atoms with Gasteiger partial charge in [-0.2, -0.15) is 0 Å². The summed E-state index contributed by atoms with van der Waals surface area (Å²) < 4.78 is 7.58. The molecule has 0 unspecified atom stereocenters. The molecule has 0 fully saturated rings. The number of rotatable bonds is 5. The zero-order valence-corrected chi connectivity index (χ0v) is 17.4. The van der Waals surface area contributed by atoms with E-state index in [9.17, 15) is 5.11 Å². The molecule has 0 heterocycles. The Morgan fingerprint density at radius 2 is 1.52 bits per heavy atom. The molecule has 0 aliphatic carbocycles. The summed E-state index contributed by atoms with van der Waals surface area (Å²) in [5.74, 6) is 1.06. The van der Waals surface area contributed by atoms with Crippen molar-refractivity contribution in [3.63, 3.8) is 0 Å². The average Bonchev–Trinajstić information content (AvgIpc) is 2.43. The van der Waals surface area contributed by atoms with Gasteiger partial charge in [0.2, 0.25) is 0 Å². The van der Waals surface area contributed by atoms with E-state index < -0.39 is 8.32 Å². The third-order valence-corrected chi connectivity index (χ3v) is 11.5. The number of benzene rings is 2. The lowest BCUT2D eigenvalue weighted by molar-refractivity contribution is 0.461. The van der Waals surface area contributed by atoms with Crippen molar-refractivity contribution >= 4 is 35.0 Å². The second-order valence-electron chi connectivity index (χ2n) is 7.20. The molecule has 0 saturated carbocycles. The number of fused-ring (bicyclic) bond motifs is 1. The van der Waals surface area contributed by atoms with Crippen LogP contribution in [0.3, 0.4) is 0 Å². The fourth-order valence-corrected chi connectivity index (χ4v) is 9.77. The van der Waals surface area contributed by atoms with Crippen LogP contribution in [0.1, 0.15) is 41.5 Å². The first kappa shape index (κ1) is 18.3. The van der Waals surface area contributed by atoms with E-state index in [1.54, 1.807) is 6.07 Å². The summed E-state index contributed by atoms with van der Waals surface area (Å²) in [5, 5.41) is 12.3. The van der Waals surface area contributed by atoms with Crippen molar-refractivity contribution in [2.24, 2.45) is 0 Å². The summed E-state index contributed by atoms with van der Waals surface area (Å²) in [4.78, 5) is 0. The highest BCUT2D eigenvalue weighted by Gasteiger charge is 2.47. The Morgan fingerprint density at radius 3 is 2.04 bits per heavy atom. The molecule has 0 amide bonds. The molecule has 4 heteroatoms. The number of halogens is 1. The predicted molar refractivity (Wildman–Crippen MR) is 105 cm³/mol. The zero-order valence-electron chi connectivity index (χ0n) is 14.9. The fourth-order valence-electron chi connectivity index (χ4n) is 3.95. The number of phenols is 1. The normalized spacial score (nSPS) is 12.6. The van der Waals surface area contributed by atoms with Gasteiger partial charge in [0.25, 0.3) is 8.32 Å². The Balaban J connectivity index is 2.55. The van der Waals surface area contributed by atoms with E-state index in [1.165, 1.54) is 0 Å². The second-order valence-corrected chi connectivity index (χ2v) is 13.4. The van der Waals surface area contributed by atoms with Crippen LogP contribution in [-0.4, -0.2) is 13.4 Å². The average molecular weight is 395 g/mol. The van der Waals surface area contributed by atoms with Gasteiger partial charge in [-0.1, -0.05) is 69.6 Å². The van der Waals surface area contributed by atoms with E-state index in [0.717, 1.165) is 21.0 Å². The molecule has 0 saturated heterocycles. The number of phenolic OH excluding ortho intramolecular Hbond substituents is 1. The van der Waals surface area contributed by atoms with Crippen LogP contribution in [0.5, 0.6) is 11.5 Å². The van der Waals surface area contributed by atoms with Crippen molar-refractivity contribution in [2.75, 3.05) is 0 Å². The third-order valence-electron chi connectivity index (χ3n) is 4.88. The van der Waals surface area contributed by atoms with Gasteiger partial charge < -0.3 is 9.53 Å². The van der Waals surface area contributed by atoms with Gasteiger partial charge in [0, 0.05) is 15.9 Å². The van der Waals surface area contributed by atoms with E-state index in [1.807, 2.05) is 18.2 Å². The van der Waals surface area contributed by atoms with Crippen LogP contribution in [0, 0.1) is 0 Å². The van der Waals surface area contributed by atoms with Crippen LogP contribution in [0.25, 0.3) is 10.8 Å². The molecule has 2 aromatic rings. The van der Waals surface area contributed by atoms with Crippen LogP contribution in [0.2, 0.25) is 16.6 Å². The Labute approximate surface area is 149 Å². The van der Waals surface area contributed by atoms with Gasteiger partial charge in [0.1, 0.15) is 11.5 Å². The maximum absolute atomic E-state index is 10.5. The van der Waals surface area contributed by atoms with Gasteiger partial charge in [-0.25, -0.2) is 0 Å². The van der Waals surface area contributed by atoms with E-state index in [4.69, 9.17) is 4.43 Å². The molecular weight excluding hydrogens is 368 g/mol. The topological polar surface area (TPSA) is 29.5 Å². The fraction of sp³-hybridized carbons (Fsp3) is 0.474. The van der Waals surface area contributed by atoms with Crippen molar-refractivity contribution in [3.05, 3.63) is 34.8 Å². The Kier molecular flexibility index (Phi) is 5.47. The monoisotopic (exact) mass is 394 g/mol. The number of hydrogen-bond donors (Lipinski definition) is 1. The van der Waals surface area contributed by atoms with Crippen LogP contribution in [-0.2, 0) is 0 Å². The van der Waals surface area contributed by atoms with E-state index in [2.05, 4.69) is 63.5 Å². The van der Waals surface area contributed by atoms with Crippen LogP contribution in [0.4, 0.5) is 0 Å². The Morgan fingerprint density at radius 1 is 0.957 bits per heavy atom. The minimum Gasteiger partial charge on any atom is -0.543 e. The summed E-state index contributed by atoms with van der Waals surface area (Å²) in [7, 11) is -2.02. The van der Waals surface area contributed by atoms with Crippen molar-refractivity contribution in [1.82, 2.24) is 0 Å². The molecule has 0 radical (unpaired) electrons. The van der Waals surface area contributed by atoms with Gasteiger partial charge in [-0.15, -0.1) is 0 Å². The molecular formula is C19H27BrO2Si. The van der Waals surface area contributed by atoms with Gasteiger partial charge in [-0.05, 0) is 34.1 Å². The smallest absolute Gasteiger partial charge is 0.258 e. The van der Waals surface area contributed by atoms with E-state index >= 15 is 0 Å². The first-order valence-electron chi connectivity index (χ1n) is 8.30. The molecule has 126 valence electrons. The minimum absolute atomic E-state index is 0.268. The quantitative estimate of drug-likeness (QED) is 0.560. The summed E-state index contributed by atoms with van der Waals surface area (Å²) in [5.41, 5.74) is 1.51. The summed E-state index contributed by atoms with van der Waals surface area (Å²) in [6, 6.07) is 9.75. The highest BCUT2D eigenvalue weighted by Crippen LogP contribution is 2.44. The molecule has 2 rings (SSSR count). The molecule has 0 atom stereocenters. The highest BCUT2D eigenvalue weighted by molar-refractivity contribution is 9.10. The lowest BCUT2D eigenvalue weighted by atomic mass is 10.1. The van der Waals surface area contributed by atoms with E-state index in [-0.39, 0.29) is 5.75 Å². The molecule has 0 bridgehead atoms. The lowest BCUT2D eigenvalue weighted by Crippen LogP contribution is -2.50. The van der Waals surface area contributed by atoms with Crippen molar-refractivity contribution in [2.45, 2.75) is 58.2 Å². The second kappa shape index (κ2) is 6.86. The first-order valence-corrected chi connectivity index (χ1v) is 11.2. The molecule has 2 nitrogen and oxygen atoms in total. The Bertz CT molecular complexity index is 673. The number of hydrogen-bond acceptors (Lipinski definition) is 2. The molecule has 2 aromatic carbocycles. The summed E-state index contributed by atoms with van der Waals surface area (Å²) in [6.45, 7) is 13.6. The van der Waals surface area contributed by atoms with E-state index in [0.29, 0.717) is 16.6 Å². The molecule has 0 spiro atoms. The van der Waals surface area contributed by atoms with Crippen molar-refractivity contribution < 1.29 is 9.53 Å². The molecule has 0 aliphatic heterocycles. The minimum atomic E-state index is -2.02. The Hall–Kier alpha value is -1.00. The molecule has 0 aromatic heterocycles. The van der Waals surface area contributed by atoms with Crippen molar-refractivity contribution in [1.29, 1.82) is 0 Å². The van der Waals surface area contributed by atoms with Gasteiger partial charge in [-0.3, -0.25) is 0 Å². The number of aromatic hydroxyl groups is 1. The lowest BCUT2D eigenvalue weighted by Gasteiger charge is -2.42. The maximum Gasteiger partial charge on any atom is 0.258 e. The highest BCUT2D eigenvalue weighted by atomic mass is 79.9. The van der Waals surface area contributed by atoms with Crippen LogP contribution >= 0.6 is 15.9 Å². The standard InChI is InChI=1S/C19H27BrO2Si/c1-12(2)23(13(3)4,14(5)6)22-16-10-15-8-7-9-17(20)19(15)18(21)11-16/h7-14,21H,1-6H3. The zero-order chi connectivity index (χ0) is 17.4. The van der Waals surface area contributed by atoms with Crippen LogP contribution in [0.15, 0.2) is 34.8 Å². The van der Waals surface area contributed by atoms with Crippen LogP contribution < -0.4 is 4.43 Å². The summed E-state index contributed by atoms with van der Waals surface area (Å²) in [6.07, 6.45) is 0. The third kappa shape index (κ3) is 3.29. The molecule has 23 heavy (non-hydrogen) atoms. The molecule has 1 N–H and O–H groups in total. The van der Waals surface area contributed by atoms with Gasteiger partial charge in [0.05, 0.1) is 0 Å².